The van der Waals surface area contributed by atoms with Gasteiger partial charge in [0.05, 0.1) is 6.54 Å². The molecule has 0 unspecified atom stereocenters. The number of benzene rings is 1. The third kappa shape index (κ3) is 5.04. The highest BCUT2D eigenvalue weighted by molar-refractivity contribution is 5.82. The lowest BCUT2D eigenvalue weighted by Crippen LogP contribution is -2.40. The molecule has 1 atom stereocenters. The highest BCUT2D eigenvalue weighted by Gasteiger charge is 2.28. The van der Waals surface area contributed by atoms with Crippen LogP contribution in [-0.2, 0) is 14.3 Å². The van der Waals surface area contributed by atoms with Crippen LogP contribution in [0, 0.1) is 0 Å². The molecule has 6 nitrogen and oxygen atoms in total. The fraction of sp³-hybridized carbons (Fsp3) is 0.529. The molecule has 0 bridgehead atoms. The first-order valence-electron chi connectivity index (χ1n) is 8.07. The van der Waals surface area contributed by atoms with E-state index < -0.39 is 6.10 Å². The molecule has 126 valence electrons. The number of hydrogen-bond donors (Lipinski definition) is 1. The number of carbonyl (C=O) groups is 2. The van der Waals surface area contributed by atoms with Crippen molar-refractivity contribution in [3.8, 4) is 0 Å². The second kappa shape index (κ2) is 8.64. The van der Waals surface area contributed by atoms with Gasteiger partial charge < -0.3 is 15.4 Å². The summed E-state index contributed by atoms with van der Waals surface area (Å²) in [6, 6.07) is 9.56. The van der Waals surface area contributed by atoms with Crippen molar-refractivity contribution in [2.75, 3.05) is 39.3 Å². The molecular formula is C17H25N3O3. The standard InChI is InChI=1S/C17H25N3O3/c1-2-23-16(14-7-4-3-5-8-14)17(22)20-10-6-9-19(11-12-20)13-15(18)21/h3-5,7-8,16H,2,6,9-13H2,1H3,(H2,18,21)/t16-/m1/s1. The summed E-state index contributed by atoms with van der Waals surface area (Å²) in [5, 5.41) is 0. The van der Waals surface area contributed by atoms with Crippen LogP contribution in [0.3, 0.4) is 0 Å². The first kappa shape index (κ1) is 17.4. The van der Waals surface area contributed by atoms with Gasteiger partial charge in [0.1, 0.15) is 0 Å². The zero-order valence-corrected chi connectivity index (χ0v) is 13.6. The summed E-state index contributed by atoms with van der Waals surface area (Å²) in [5.74, 6) is -0.347. The fourth-order valence-corrected chi connectivity index (χ4v) is 2.84. The van der Waals surface area contributed by atoms with Crippen molar-refractivity contribution in [2.24, 2.45) is 5.73 Å². The average molecular weight is 319 g/mol. The number of primary amides is 1. The summed E-state index contributed by atoms with van der Waals surface area (Å²) in [5.41, 5.74) is 6.12. The summed E-state index contributed by atoms with van der Waals surface area (Å²) in [6.07, 6.45) is 0.260. The maximum absolute atomic E-state index is 12.9. The lowest BCUT2D eigenvalue weighted by atomic mass is 10.1. The summed E-state index contributed by atoms with van der Waals surface area (Å²) in [6.45, 7) is 5.30. The Labute approximate surface area is 137 Å². The minimum Gasteiger partial charge on any atom is -0.369 e. The van der Waals surface area contributed by atoms with E-state index in [0.29, 0.717) is 26.2 Å². The first-order chi connectivity index (χ1) is 11.1. The zero-order valence-electron chi connectivity index (χ0n) is 13.6. The summed E-state index contributed by atoms with van der Waals surface area (Å²) in [7, 11) is 0. The van der Waals surface area contributed by atoms with Crippen LogP contribution >= 0.6 is 0 Å². The summed E-state index contributed by atoms with van der Waals surface area (Å²) in [4.78, 5) is 27.7. The van der Waals surface area contributed by atoms with Crippen LogP contribution in [0.15, 0.2) is 30.3 Å². The van der Waals surface area contributed by atoms with Crippen LogP contribution in [0.1, 0.15) is 25.0 Å². The van der Waals surface area contributed by atoms with Gasteiger partial charge in [-0.05, 0) is 18.9 Å². The average Bonchev–Trinajstić information content (AvgIpc) is 2.78. The smallest absolute Gasteiger partial charge is 0.256 e. The molecule has 0 saturated carbocycles. The molecule has 0 spiro atoms. The molecule has 0 aromatic heterocycles. The van der Waals surface area contributed by atoms with Crippen LogP contribution in [0.4, 0.5) is 0 Å². The number of nitrogens with zero attached hydrogens (tertiary/aromatic N) is 2. The monoisotopic (exact) mass is 319 g/mol. The van der Waals surface area contributed by atoms with Crippen LogP contribution in [0.5, 0.6) is 0 Å². The number of hydrogen-bond acceptors (Lipinski definition) is 4. The minimum absolute atomic E-state index is 0.0148. The molecule has 6 heteroatoms. The maximum atomic E-state index is 12.9. The van der Waals surface area contributed by atoms with Gasteiger partial charge in [0.25, 0.3) is 5.91 Å². The molecule has 23 heavy (non-hydrogen) atoms. The van der Waals surface area contributed by atoms with E-state index in [2.05, 4.69) is 0 Å². The molecule has 0 radical (unpaired) electrons. The van der Waals surface area contributed by atoms with E-state index in [1.165, 1.54) is 0 Å². The van der Waals surface area contributed by atoms with Crippen LogP contribution in [0.2, 0.25) is 0 Å². The van der Waals surface area contributed by atoms with Gasteiger partial charge in [-0.3, -0.25) is 14.5 Å². The van der Waals surface area contributed by atoms with Crippen molar-refractivity contribution >= 4 is 11.8 Å². The highest BCUT2D eigenvalue weighted by atomic mass is 16.5. The van der Waals surface area contributed by atoms with Crippen LogP contribution in [-0.4, -0.2) is 60.9 Å². The first-order valence-corrected chi connectivity index (χ1v) is 8.07. The van der Waals surface area contributed by atoms with Gasteiger partial charge in [-0.25, -0.2) is 0 Å². The lowest BCUT2D eigenvalue weighted by Gasteiger charge is -2.26. The van der Waals surface area contributed by atoms with Crippen LogP contribution < -0.4 is 5.73 Å². The summed E-state index contributed by atoms with van der Waals surface area (Å²) >= 11 is 0. The van der Waals surface area contributed by atoms with Gasteiger partial charge in [0.2, 0.25) is 5.91 Å². The Morgan fingerprint density at radius 2 is 1.91 bits per heavy atom. The number of rotatable bonds is 6. The number of nitrogens with two attached hydrogens (primary N) is 1. The molecule has 1 saturated heterocycles. The topological polar surface area (TPSA) is 75.9 Å². The maximum Gasteiger partial charge on any atom is 0.256 e. The highest BCUT2D eigenvalue weighted by Crippen LogP contribution is 2.21. The van der Waals surface area contributed by atoms with Gasteiger partial charge in [-0.1, -0.05) is 30.3 Å². The number of ether oxygens (including phenoxy) is 1. The van der Waals surface area contributed by atoms with Gasteiger partial charge in [-0.15, -0.1) is 0 Å². The molecule has 2 amide bonds. The fourth-order valence-electron chi connectivity index (χ4n) is 2.84. The molecule has 1 fully saturated rings. The van der Waals surface area contributed by atoms with E-state index in [9.17, 15) is 9.59 Å². The van der Waals surface area contributed by atoms with Crippen LogP contribution in [0.25, 0.3) is 0 Å². The van der Waals surface area contributed by atoms with Crippen molar-refractivity contribution in [2.45, 2.75) is 19.4 Å². The molecule has 2 N–H and O–H groups in total. The van der Waals surface area contributed by atoms with E-state index in [0.717, 1.165) is 18.5 Å². The molecule has 1 heterocycles. The second-order valence-corrected chi connectivity index (χ2v) is 5.67. The normalized spacial score (nSPS) is 17.5. The zero-order chi connectivity index (χ0) is 16.7. The van der Waals surface area contributed by atoms with E-state index >= 15 is 0 Å². The molecule has 0 aliphatic carbocycles. The lowest BCUT2D eigenvalue weighted by molar-refractivity contribution is -0.143. The van der Waals surface area contributed by atoms with Crippen molar-refractivity contribution < 1.29 is 14.3 Å². The molecule has 1 aromatic carbocycles. The number of amides is 2. The largest absolute Gasteiger partial charge is 0.369 e. The quantitative estimate of drug-likeness (QED) is 0.841. The van der Waals surface area contributed by atoms with Crippen molar-refractivity contribution in [3.63, 3.8) is 0 Å². The SMILES string of the molecule is CCO[C@@H](C(=O)N1CCCN(CC(N)=O)CC1)c1ccccc1. The second-order valence-electron chi connectivity index (χ2n) is 5.67. The third-order valence-corrected chi connectivity index (χ3v) is 3.94. The Morgan fingerprint density at radius 1 is 1.17 bits per heavy atom. The Hall–Kier alpha value is -1.92. The number of carbonyl (C=O) groups excluding carboxylic acids is 2. The van der Waals surface area contributed by atoms with E-state index in [4.69, 9.17) is 10.5 Å². The predicted octanol–water partition coefficient (Wildman–Crippen LogP) is 0.784. The molecule has 1 aliphatic rings. The Bertz CT molecular complexity index is 521. The minimum atomic E-state index is -0.566. The van der Waals surface area contributed by atoms with Gasteiger partial charge in [0.15, 0.2) is 6.10 Å². The summed E-state index contributed by atoms with van der Waals surface area (Å²) < 4.78 is 5.70. The predicted molar refractivity (Wildman–Crippen MR) is 87.6 cm³/mol. The van der Waals surface area contributed by atoms with Crippen molar-refractivity contribution in [1.82, 2.24) is 9.80 Å². The Kier molecular flexibility index (Phi) is 6.55. The third-order valence-electron chi connectivity index (χ3n) is 3.94. The van der Waals surface area contributed by atoms with Crippen molar-refractivity contribution in [1.29, 1.82) is 0 Å². The van der Waals surface area contributed by atoms with Crippen molar-refractivity contribution in [3.05, 3.63) is 35.9 Å². The van der Waals surface area contributed by atoms with Gasteiger partial charge in [0, 0.05) is 32.8 Å². The Balaban J connectivity index is 2.03. The molecular weight excluding hydrogens is 294 g/mol. The van der Waals surface area contributed by atoms with E-state index in [-0.39, 0.29) is 18.4 Å². The molecule has 1 aromatic rings. The Morgan fingerprint density at radius 3 is 2.57 bits per heavy atom. The van der Waals surface area contributed by atoms with E-state index in [1.54, 1.807) is 0 Å². The molecule has 1 aliphatic heterocycles. The van der Waals surface area contributed by atoms with Gasteiger partial charge >= 0.3 is 0 Å². The molecule has 2 rings (SSSR count). The van der Waals surface area contributed by atoms with Gasteiger partial charge in [-0.2, -0.15) is 0 Å². The van der Waals surface area contributed by atoms with E-state index in [1.807, 2.05) is 47.1 Å².